The predicted molar refractivity (Wildman–Crippen MR) is 70.6 cm³/mol. The summed E-state index contributed by atoms with van der Waals surface area (Å²) in [6, 6.07) is -0.726. The molecule has 0 fully saturated rings. The Morgan fingerprint density at radius 3 is 2.42 bits per heavy atom. The summed E-state index contributed by atoms with van der Waals surface area (Å²) < 4.78 is 9.81. The van der Waals surface area contributed by atoms with Gasteiger partial charge in [-0.3, -0.25) is 0 Å². The van der Waals surface area contributed by atoms with Crippen LogP contribution in [0, 0.1) is 0 Å². The minimum atomic E-state index is -0.726. The van der Waals surface area contributed by atoms with Gasteiger partial charge in [-0.15, -0.1) is 5.73 Å². The Morgan fingerprint density at radius 1 is 1.42 bits per heavy atom. The van der Waals surface area contributed by atoms with E-state index >= 15 is 0 Å². The fourth-order valence-corrected chi connectivity index (χ4v) is 1.76. The second-order valence-electron chi connectivity index (χ2n) is 5.61. The predicted octanol–water partition coefficient (Wildman–Crippen LogP) is 2.32. The molecule has 0 unspecified atom stereocenters. The molecule has 1 aliphatic rings. The molecule has 0 heterocycles. The maximum atomic E-state index is 11.7. The third kappa shape index (κ3) is 5.18. The Bertz CT molecular complexity index is 439. The number of amides is 1. The van der Waals surface area contributed by atoms with Crippen molar-refractivity contribution >= 4 is 12.1 Å². The summed E-state index contributed by atoms with van der Waals surface area (Å²) in [5, 5.41) is 2.53. The summed E-state index contributed by atoms with van der Waals surface area (Å²) in [6.45, 7) is 7.26. The highest BCUT2D eigenvalue weighted by atomic mass is 16.6. The Balaban J connectivity index is 2.63. The maximum Gasteiger partial charge on any atom is 0.408 e. The van der Waals surface area contributed by atoms with Crippen LogP contribution in [-0.2, 0) is 14.3 Å². The van der Waals surface area contributed by atoms with Crippen molar-refractivity contribution in [2.75, 3.05) is 7.11 Å². The number of carbonyl (C=O) groups is 2. The quantitative estimate of drug-likeness (QED) is 0.627. The number of alkyl carbamates (subject to hydrolysis) is 1. The molecule has 5 nitrogen and oxygen atoms in total. The van der Waals surface area contributed by atoms with Crippen LogP contribution in [0.2, 0.25) is 0 Å². The van der Waals surface area contributed by atoms with Gasteiger partial charge in [0.15, 0.2) is 0 Å². The van der Waals surface area contributed by atoms with Crippen LogP contribution >= 0.6 is 0 Å². The molecule has 0 bridgehead atoms. The van der Waals surface area contributed by atoms with Gasteiger partial charge < -0.3 is 14.8 Å². The fraction of sp³-hybridized carbons (Fsp3) is 0.643. The van der Waals surface area contributed by atoms with Crippen molar-refractivity contribution in [3.05, 3.63) is 16.9 Å². The Morgan fingerprint density at radius 2 is 2.00 bits per heavy atom. The van der Waals surface area contributed by atoms with E-state index in [9.17, 15) is 9.59 Å². The molecule has 19 heavy (non-hydrogen) atoms. The average Bonchev–Trinajstić information content (AvgIpc) is 2.22. The summed E-state index contributed by atoms with van der Waals surface area (Å²) >= 11 is 0. The van der Waals surface area contributed by atoms with Crippen LogP contribution in [0.3, 0.4) is 0 Å². The average molecular weight is 267 g/mol. The Hall–Kier alpha value is -1.74. The van der Waals surface area contributed by atoms with Crippen LogP contribution in [-0.4, -0.2) is 30.8 Å². The molecule has 0 aromatic carbocycles. The lowest BCUT2D eigenvalue weighted by Crippen LogP contribution is -2.44. The SMILES string of the molecule is COC(=O)[C@@H](CC1=C=C(C)C1)NC(=O)OC(C)(C)C. The number of methoxy groups -OCH3 is 1. The van der Waals surface area contributed by atoms with Crippen LogP contribution in [0.1, 0.15) is 40.5 Å². The minimum absolute atomic E-state index is 0.406. The highest BCUT2D eigenvalue weighted by Gasteiger charge is 2.26. The molecule has 1 amide bonds. The van der Waals surface area contributed by atoms with E-state index in [0.29, 0.717) is 6.42 Å². The van der Waals surface area contributed by atoms with E-state index in [2.05, 4.69) is 15.8 Å². The first-order valence-corrected chi connectivity index (χ1v) is 6.23. The van der Waals surface area contributed by atoms with E-state index in [4.69, 9.17) is 4.74 Å². The number of hydrogen-bond acceptors (Lipinski definition) is 4. The molecule has 0 spiro atoms. The number of ether oxygens (including phenoxy) is 2. The molecule has 0 aromatic rings. The molecular formula is C14H21NO4. The zero-order chi connectivity index (χ0) is 14.6. The van der Waals surface area contributed by atoms with E-state index < -0.39 is 23.7 Å². The number of hydrogen-bond donors (Lipinski definition) is 1. The second kappa shape index (κ2) is 5.93. The number of carbonyl (C=O) groups excluding carboxylic acids is 2. The summed E-state index contributed by atoms with van der Waals surface area (Å²) in [5.41, 5.74) is 4.66. The molecule has 1 N–H and O–H groups in total. The highest BCUT2D eigenvalue weighted by Crippen LogP contribution is 2.23. The van der Waals surface area contributed by atoms with Crippen LogP contribution in [0.5, 0.6) is 0 Å². The first-order chi connectivity index (χ1) is 8.71. The van der Waals surface area contributed by atoms with Gasteiger partial charge in [0.25, 0.3) is 0 Å². The summed E-state index contributed by atoms with van der Waals surface area (Å²) in [4.78, 5) is 23.3. The molecule has 0 saturated carbocycles. The first-order valence-electron chi connectivity index (χ1n) is 6.23. The van der Waals surface area contributed by atoms with Crippen molar-refractivity contribution in [2.24, 2.45) is 0 Å². The van der Waals surface area contributed by atoms with Gasteiger partial charge in [0, 0.05) is 12.8 Å². The third-order valence-electron chi connectivity index (χ3n) is 2.50. The van der Waals surface area contributed by atoms with Gasteiger partial charge in [-0.2, -0.15) is 0 Å². The molecule has 1 atom stereocenters. The van der Waals surface area contributed by atoms with Gasteiger partial charge in [0.05, 0.1) is 7.11 Å². The largest absolute Gasteiger partial charge is 0.467 e. The Labute approximate surface area is 113 Å². The lowest BCUT2D eigenvalue weighted by Gasteiger charge is -2.23. The monoisotopic (exact) mass is 267 g/mol. The van der Waals surface area contributed by atoms with Gasteiger partial charge in [0.2, 0.25) is 0 Å². The molecule has 0 aromatic heterocycles. The molecule has 1 aliphatic carbocycles. The van der Waals surface area contributed by atoms with Gasteiger partial charge in [-0.05, 0) is 38.8 Å². The lowest BCUT2D eigenvalue weighted by molar-refractivity contribution is -0.143. The number of rotatable bonds is 4. The zero-order valence-electron chi connectivity index (χ0n) is 12.1. The minimum Gasteiger partial charge on any atom is -0.467 e. The highest BCUT2D eigenvalue weighted by molar-refractivity contribution is 5.81. The standard InChI is InChI=1S/C14H21NO4/c1-9-6-10(7-9)8-11(12(16)18-5)15-13(17)19-14(2,3)4/h11H,6,8H2,1-5H3,(H,15,17)/t11-/m1/s1. The first kappa shape index (κ1) is 15.3. The second-order valence-corrected chi connectivity index (χ2v) is 5.61. The van der Waals surface area contributed by atoms with Gasteiger partial charge in [-0.25, -0.2) is 9.59 Å². The van der Waals surface area contributed by atoms with E-state index in [1.807, 2.05) is 6.92 Å². The van der Waals surface area contributed by atoms with Crippen LogP contribution in [0.15, 0.2) is 16.9 Å². The Kier molecular flexibility index (Phi) is 4.78. The topological polar surface area (TPSA) is 64.6 Å². The molecule has 5 heteroatoms. The molecular weight excluding hydrogens is 246 g/mol. The van der Waals surface area contributed by atoms with E-state index in [0.717, 1.165) is 17.6 Å². The van der Waals surface area contributed by atoms with Gasteiger partial charge >= 0.3 is 12.1 Å². The van der Waals surface area contributed by atoms with Crippen molar-refractivity contribution in [2.45, 2.75) is 52.2 Å². The molecule has 1 rings (SSSR count). The number of nitrogens with one attached hydrogen (secondary N) is 1. The summed E-state index contributed by atoms with van der Waals surface area (Å²) in [5.74, 6) is -0.482. The molecule has 0 saturated heterocycles. The lowest BCUT2D eigenvalue weighted by atomic mass is 9.93. The van der Waals surface area contributed by atoms with E-state index in [-0.39, 0.29) is 0 Å². The maximum absolute atomic E-state index is 11.7. The van der Waals surface area contributed by atoms with Crippen LogP contribution in [0.4, 0.5) is 4.79 Å². The van der Waals surface area contributed by atoms with Crippen molar-refractivity contribution in [3.8, 4) is 0 Å². The third-order valence-corrected chi connectivity index (χ3v) is 2.50. The van der Waals surface area contributed by atoms with Crippen LogP contribution in [0.25, 0.3) is 0 Å². The van der Waals surface area contributed by atoms with Crippen molar-refractivity contribution < 1.29 is 19.1 Å². The van der Waals surface area contributed by atoms with Gasteiger partial charge in [-0.1, -0.05) is 0 Å². The van der Waals surface area contributed by atoms with Gasteiger partial charge in [0.1, 0.15) is 11.6 Å². The molecule has 106 valence electrons. The van der Waals surface area contributed by atoms with Crippen LogP contribution < -0.4 is 5.32 Å². The molecule has 0 radical (unpaired) electrons. The smallest absolute Gasteiger partial charge is 0.408 e. The summed E-state index contributed by atoms with van der Waals surface area (Å²) in [6.07, 6.45) is 0.607. The van der Waals surface area contributed by atoms with Crippen molar-refractivity contribution in [1.29, 1.82) is 0 Å². The zero-order valence-corrected chi connectivity index (χ0v) is 12.1. The fourth-order valence-electron chi connectivity index (χ4n) is 1.76. The number of esters is 1. The normalized spacial score (nSPS) is 15.6. The van der Waals surface area contributed by atoms with E-state index in [1.165, 1.54) is 7.11 Å². The van der Waals surface area contributed by atoms with Crippen molar-refractivity contribution in [1.82, 2.24) is 5.32 Å². The molecule has 0 aliphatic heterocycles. The van der Waals surface area contributed by atoms with Crippen molar-refractivity contribution in [3.63, 3.8) is 0 Å². The summed E-state index contributed by atoms with van der Waals surface area (Å²) in [7, 11) is 1.29. The van der Waals surface area contributed by atoms with E-state index in [1.54, 1.807) is 20.8 Å².